The second-order valence-corrected chi connectivity index (χ2v) is 7.54. The van der Waals surface area contributed by atoms with Gasteiger partial charge in [-0.15, -0.1) is 0 Å². The van der Waals surface area contributed by atoms with E-state index >= 15 is 0 Å². The number of hydrogen-bond acceptors (Lipinski definition) is 7. The van der Waals surface area contributed by atoms with Gasteiger partial charge in [-0.05, 0) is 25.8 Å². The molecule has 1 unspecified atom stereocenters. The van der Waals surface area contributed by atoms with E-state index < -0.39 is 5.97 Å². The number of anilines is 1. The Morgan fingerprint density at radius 3 is 2.60 bits per heavy atom. The summed E-state index contributed by atoms with van der Waals surface area (Å²) in [5.74, 6) is -0.152. The minimum absolute atomic E-state index is 0.123. The quantitative estimate of drug-likeness (QED) is 0.395. The molecule has 4 N–H and O–H groups in total. The molecule has 0 radical (unpaired) electrons. The lowest BCUT2D eigenvalue weighted by atomic mass is 10.1. The molecular weight excluding hydrogens is 412 g/mol. The first-order valence-corrected chi connectivity index (χ1v) is 10.3. The van der Waals surface area contributed by atoms with E-state index in [4.69, 9.17) is 31.5 Å². The third-order valence-electron chi connectivity index (χ3n) is 4.87. The lowest BCUT2D eigenvalue weighted by molar-refractivity contribution is 0.00906. The lowest BCUT2D eigenvalue weighted by Crippen LogP contribution is -2.51. The molecule has 9 nitrogen and oxygen atoms in total. The highest BCUT2D eigenvalue weighted by Gasteiger charge is 2.26. The molecule has 0 saturated carbocycles. The van der Waals surface area contributed by atoms with Crippen molar-refractivity contribution in [3.8, 4) is 5.75 Å². The highest BCUT2D eigenvalue weighted by atomic mass is 35.5. The summed E-state index contributed by atoms with van der Waals surface area (Å²) in [5, 5.41) is 5.92. The molecule has 1 aromatic carbocycles. The minimum Gasteiger partial charge on any atom is -0.496 e. The molecule has 0 bridgehead atoms. The summed E-state index contributed by atoms with van der Waals surface area (Å²) in [6, 6.07) is 2.65. The van der Waals surface area contributed by atoms with Crippen LogP contribution in [0.5, 0.6) is 5.75 Å². The fourth-order valence-corrected chi connectivity index (χ4v) is 3.54. The highest BCUT2D eigenvalue weighted by Crippen LogP contribution is 2.30. The highest BCUT2D eigenvalue weighted by molar-refractivity contribution is 6.33. The first-order valence-electron chi connectivity index (χ1n) is 9.97. The molecule has 2 rings (SSSR count). The zero-order valence-corrected chi connectivity index (χ0v) is 18.5. The zero-order chi connectivity index (χ0) is 22.1. The zero-order valence-electron chi connectivity index (χ0n) is 17.7. The fraction of sp³-hybridized carbons (Fsp3) is 0.600. The van der Waals surface area contributed by atoms with Crippen LogP contribution in [0.3, 0.4) is 0 Å². The maximum atomic E-state index is 12.6. The van der Waals surface area contributed by atoms with Gasteiger partial charge in [0.1, 0.15) is 17.4 Å². The summed E-state index contributed by atoms with van der Waals surface area (Å²) >= 11 is 6.04. The van der Waals surface area contributed by atoms with Gasteiger partial charge in [-0.3, -0.25) is 0 Å². The number of amides is 2. The molecule has 30 heavy (non-hydrogen) atoms. The number of rotatable bonds is 9. The second-order valence-electron chi connectivity index (χ2n) is 7.14. The number of benzene rings is 1. The number of nitrogens with one attached hydrogen (secondary N) is 2. The number of urea groups is 1. The van der Waals surface area contributed by atoms with Crippen LogP contribution in [-0.2, 0) is 9.47 Å². The van der Waals surface area contributed by atoms with Crippen LogP contribution in [0.2, 0.25) is 5.02 Å². The Balaban J connectivity index is 1.87. The Morgan fingerprint density at radius 1 is 1.30 bits per heavy atom. The van der Waals surface area contributed by atoms with Crippen LogP contribution in [0, 0.1) is 0 Å². The first kappa shape index (κ1) is 24.0. The van der Waals surface area contributed by atoms with E-state index in [1.54, 1.807) is 7.11 Å². The topological polar surface area (TPSA) is 115 Å². The number of nitrogen functional groups attached to an aromatic ring is 1. The van der Waals surface area contributed by atoms with E-state index in [9.17, 15) is 9.59 Å². The van der Waals surface area contributed by atoms with Gasteiger partial charge in [0.25, 0.3) is 0 Å². The number of carbonyl (C=O) groups is 2. The molecule has 1 aliphatic heterocycles. The van der Waals surface area contributed by atoms with Crippen LogP contribution in [0.4, 0.5) is 10.5 Å². The smallest absolute Gasteiger partial charge is 0.342 e. The molecule has 1 saturated heterocycles. The van der Waals surface area contributed by atoms with E-state index in [1.807, 2.05) is 6.92 Å². The van der Waals surface area contributed by atoms with Crippen molar-refractivity contribution in [2.75, 3.05) is 52.7 Å². The van der Waals surface area contributed by atoms with Gasteiger partial charge in [-0.2, -0.15) is 0 Å². The number of carbonyl (C=O) groups excluding carboxylic acids is 2. The lowest BCUT2D eigenvalue weighted by Gasteiger charge is -2.34. The van der Waals surface area contributed by atoms with E-state index in [0.717, 1.165) is 13.1 Å². The number of nitrogens with two attached hydrogens (primary N) is 1. The molecule has 1 fully saturated rings. The van der Waals surface area contributed by atoms with Crippen LogP contribution < -0.4 is 21.1 Å². The summed E-state index contributed by atoms with van der Waals surface area (Å²) in [6.07, 6.45) is 1.18. The molecular formula is C20H31ClN4O5. The van der Waals surface area contributed by atoms with E-state index in [2.05, 4.69) is 15.5 Å². The van der Waals surface area contributed by atoms with E-state index in [0.29, 0.717) is 44.0 Å². The van der Waals surface area contributed by atoms with Crippen molar-refractivity contribution in [1.82, 2.24) is 15.5 Å². The van der Waals surface area contributed by atoms with E-state index in [-0.39, 0.29) is 28.8 Å². The maximum absolute atomic E-state index is 12.6. The molecule has 168 valence electrons. The molecule has 1 heterocycles. The first-order chi connectivity index (χ1) is 14.4. The van der Waals surface area contributed by atoms with Crippen molar-refractivity contribution in [1.29, 1.82) is 0 Å². The van der Waals surface area contributed by atoms with Gasteiger partial charge in [0.15, 0.2) is 0 Å². The van der Waals surface area contributed by atoms with Gasteiger partial charge < -0.3 is 35.5 Å². The minimum atomic E-state index is -0.484. The predicted molar refractivity (Wildman–Crippen MR) is 115 cm³/mol. The second kappa shape index (κ2) is 11.8. The standard InChI is InChI=1S/C20H31ClN4O5/c1-4-23-20(27)24-13(12-28-2)11-25-7-5-14(6-8-25)30-19(26)15-9-16(21)17(22)10-18(15)29-3/h9-10,13-14H,4-8,11-12,22H2,1-3H3,(H2,23,24,27). The number of halogens is 1. The van der Waals surface area contributed by atoms with Gasteiger partial charge in [-0.25, -0.2) is 9.59 Å². The van der Waals surface area contributed by atoms with Crippen molar-refractivity contribution in [2.24, 2.45) is 0 Å². The Labute approximate surface area is 182 Å². The Hall–Kier alpha value is -2.23. The number of nitrogens with zero attached hydrogens (tertiary/aromatic N) is 1. The average molecular weight is 443 g/mol. The monoisotopic (exact) mass is 442 g/mol. The SMILES string of the molecule is CCNC(=O)NC(COC)CN1CCC(OC(=O)c2cc(Cl)c(N)cc2OC)CC1. The number of ether oxygens (including phenoxy) is 3. The number of piperidine rings is 1. The normalized spacial score (nSPS) is 16.0. The summed E-state index contributed by atoms with van der Waals surface area (Å²) < 4.78 is 16.1. The van der Waals surface area contributed by atoms with Gasteiger partial charge in [0.05, 0.1) is 30.5 Å². The van der Waals surface area contributed by atoms with Crippen LogP contribution >= 0.6 is 11.6 Å². The molecule has 10 heteroatoms. The Kier molecular flexibility index (Phi) is 9.48. The number of likely N-dealkylation sites (tertiary alicyclic amines) is 1. The van der Waals surface area contributed by atoms with Gasteiger partial charge in [0.2, 0.25) is 0 Å². The summed E-state index contributed by atoms with van der Waals surface area (Å²) in [6.45, 7) is 5.00. The van der Waals surface area contributed by atoms with Crippen LogP contribution in [0.25, 0.3) is 0 Å². The van der Waals surface area contributed by atoms with Crippen molar-refractivity contribution < 1.29 is 23.8 Å². The molecule has 2 amide bonds. The Bertz CT molecular complexity index is 725. The Morgan fingerprint density at radius 2 is 2.00 bits per heavy atom. The van der Waals surface area contributed by atoms with E-state index in [1.165, 1.54) is 19.2 Å². The number of hydrogen-bond donors (Lipinski definition) is 3. The summed E-state index contributed by atoms with van der Waals surface area (Å²) in [5.41, 5.74) is 6.36. The van der Waals surface area contributed by atoms with Gasteiger partial charge in [0, 0.05) is 39.4 Å². The molecule has 1 aromatic rings. The van der Waals surface area contributed by atoms with Crippen molar-refractivity contribution in [3.63, 3.8) is 0 Å². The van der Waals surface area contributed by atoms with Crippen molar-refractivity contribution >= 4 is 29.3 Å². The van der Waals surface area contributed by atoms with Crippen molar-refractivity contribution in [2.45, 2.75) is 31.9 Å². The van der Waals surface area contributed by atoms with Crippen LogP contribution in [0.1, 0.15) is 30.1 Å². The maximum Gasteiger partial charge on any atom is 0.342 e. The van der Waals surface area contributed by atoms with Gasteiger partial charge in [-0.1, -0.05) is 11.6 Å². The number of esters is 1. The van der Waals surface area contributed by atoms with Crippen LogP contribution in [0.15, 0.2) is 12.1 Å². The third kappa shape index (κ3) is 6.93. The van der Waals surface area contributed by atoms with Gasteiger partial charge >= 0.3 is 12.0 Å². The molecule has 1 aliphatic rings. The summed E-state index contributed by atoms with van der Waals surface area (Å²) in [4.78, 5) is 26.6. The van der Waals surface area contributed by atoms with Crippen LogP contribution in [-0.4, -0.2) is 76.1 Å². The predicted octanol–water partition coefficient (Wildman–Crippen LogP) is 1.89. The third-order valence-corrected chi connectivity index (χ3v) is 5.19. The molecule has 0 aliphatic carbocycles. The summed E-state index contributed by atoms with van der Waals surface area (Å²) in [7, 11) is 3.07. The molecule has 1 atom stereocenters. The number of methoxy groups -OCH3 is 2. The average Bonchev–Trinajstić information content (AvgIpc) is 2.71. The fourth-order valence-electron chi connectivity index (χ4n) is 3.37. The van der Waals surface area contributed by atoms with Crippen molar-refractivity contribution in [3.05, 3.63) is 22.7 Å². The molecule has 0 spiro atoms. The largest absolute Gasteiger partial charge is 0.496 e. The molecule has 0 aromatic heterocycles.